The Hall–Kier alpha value is -3.56. The number of aliphatic hydroxyl groups is 22. The second kappa shape index (κ2) is 37.1. The van der Waals surface area contributed by atoms with Crippen LogP contribution in [0.25, 0.3) is 0 Å². The minimum absolute atomic E-state index is 0.760. The SMILES string of the molecule is CC(=O)N[C@H]1[C@H](OC[C@@H](O)[C@H](O)[C@H](O[C@@H]2O[C@H](CO)[C@H](O[C@H]3O[C@H](CO)[C@@H](O)[C@H](O)[C@H]3NC(C)=O)[C@H](O)[C@H]2O)[C@H](CO)NC(C)=O)O[C@H](CO)[C@@H](O[C@@H]2O[C@H](CO)[C@H](O)[C@H](O[C@@H]3O[C@H](CO)[C@@H](O[C@@H]4O[C@H](CO)[C@H](O)[C@H](O)[C@H]4O[C@@H]4O[C@@H](C)[C@@H](O)[C@@H](O)[C@@H]4O)[C@H](O)[C@H]3NC(C)=O)[C@H]2O)[C@@H]1O. The number of aliphatic hydroxyl groups excluding tert-OH is 22. The Kier molecular flexibility index (Phi) is 31.1. The molecule has 39 atom stereocenters. The lowest BCUT2D eigenvalue weighted by Crippen LogP contribution is -2.70. The standard InChI is InChI=1S/C56H96N4O40/c1-14-30(73)38(81)41(84)53(88-14)100-49-39(82)33(76)22(8-63)91-56(49)98-46-25(11-66)93-52(29(37(46)80)60-18(5)71)99-48-34(77)23(9-64)90-55(43(48)86)97-45-24(10-65)92-50(28(36(45)79)59-17(4)70)87-13-20(72)31(74)44(19(6-61)57-15(2)68)95-54-42(85)40(83)47(26(12-67)94-54)96-51-27(58-16(3)69)35(78)32(75)21(7-62)89-51/h14,19-56,61-67,72-86H,6-13H2,1-5H3,(H,57,68)(H,58,69)(H,59,70)(H,60,71)/t14-,19-,20+,21+,22+,23+,24+,25+,26+,27+,28+,29+,30+,31-,32+,33-,34-,35+,36+,37+,38+,39-,40+,41-,42+,43+,44+,45+,46+,47-,48-,49+,50+,51+,52-,53-,54-,55-,56-/m0/s1. The van der Waals surface area contributed by atoms with Gasteiger partial charge in [0.15, 0.2) is 44.0 Å². The number of ether oxygens (including phenoxy) is 14. The summed E-state index contributed by atoms with van der Waals surface area (Å²) in [6, 6.07) is -7.00. The smallest absolute Gasteiger partial charge is 0.217 e. The van der Waals surface area contributed by atoms with Crippen molar-refractivity contribution < 1.29 is 198 Å². The molecule has 0 aromatic rings. The molecule has 7 fully saturated rings. The molecule has 0 aromatic carbocycles. The van der Waals surface area contributed by atoms with Crippen molar-refractivity contribution >= 4 is 23.6 Å². The van der Waals surface area contributed by atoms with Crippen molar-refractivity contribution in [1.82, 2.24) is 21.3 Å². The van der Waals surface area contributed by atoms with Crippen LogP contribution in [0.3, 0.4) is 0 Å². The highest BCUT2D eigenvalue weighted by molar-refractivity contribution is 5.74. The molecule has 0 aliphatic carbocycles. The van der Waals surface area contributed by atoms with Crippen molar-refractivity contribution in [2.75, 3.05) is 52.9 Å². The third-order valence-electron chi connectivity index (χ3n) is 17.9. The van der Waals surface area contributed by atoms with E-state index in [1.54, 1.807) is 0 Å². The van der Waals surface area contributed by atoms with Crippen molar-refractivity contribution in [3.63, 3.8) is 0 Å². The zero-order chi connectivity index (χ0) is 74.2. The molecule has 44 heteroatoms. The summed E-state index contributed by atoms with van der Waals surface area (Å²) in [5, 5.41) is 250. The molecule has 7 rings (SSSR count). The fraction of sp³-hybridized carbons (Fsp3) is 0.929. The molecular formula is C56H96N4O40. The van der Waals surface area contributed by atoms with E-state index < -0.39 is 316 Å². The number of hydrogen-bond donors (Lipinski definition) is 26. The van der Waals surface area contributed by atoms with Crippen LogP contribution in [0, 0.1) is 0 Å². The maximum Gasteiger partial charge on any atom is 0.217 e. The molecule has 580 valence electrons. The monoisotopic (exact) mass is 1460 g/mol. The first kappa shape index (κ1) is 83.7. The van der Waals surface area contributed by atoms with Crippen LogP contribution >= 0.6 is 0 Å². The van der Waals surface area contributed by atoms with E-state index in [4.69, 9.17) is 66.3 Å². The van der Waals surface area contributed by atoms with Gasteiger partial charge < -0.3 is 200 Å². The van der Waals surface area contributed by atoms with Gasteiger partial charge >= 0.3 is 0 Å². The minimum atomic E-state index is -2.36. The van der Waals surface area contributed by atoms with Gasteiger partial charge in [0, 0.05) is 27.7 Å². The van der Waals surface area contributed by atoms with Crippen molar-refractivity contribution in [3.8, 4) is 0 Å². The minimum Gasteiger partial charge on any atom is -0.394 e. The summed E-state index contributed by atoms with van der Waals surface area (Å²) >= 11 is 0. The van der Waals surface area contributed by atoms with Crippen LogP contribution in [0.4, 0.5) is 0 Å². The largest absolute Gasteiger partial charge is 0.394 e. The van der Waals surface area contributed by atoms with Gasteiger partial charge in [0.05, 0.1) is 65.0 Å². The summed E-state index contributed by atoms with van der Waals surface area (Å²) in [5.74, 6) is -3.42. The van der Waals surface area contributed by atoms with E-state index in [1.807, 2.05) is 0 Å². The molecule has 0 saturated carbocycles. The molecule has 44 nitrogen and oxygen atoms in total. The van der Waals surface area contributed by atoms with Crippen molar-refractivity contribution in [2.24, 2.45) is 0 Å². The number of rotatable bonds is 29. The molecule has 100 heavy (non-hydrogen) atoms. The molecule has 7 aliphatic heterocycles. The van der Waals surface area contributed by atoms with Gasteiger partial charge in [0.2, 0.25) is 23.6 Å². The van der Waals surface area contributed by atoms with Crippen LogP contribution in [0.1, 0.15) is 34.6 Å². The quantitative estimate of drug-likeness (QED) is 0.0331. The lowest BCUT2D eigenvalue weighted by molar-refractivity contribution is -0.390. The number of hydrogen-bond acceptors (Lipinski definition) is 40. The Labute approximate surface area is 568 Å². The van der Waals surface area contributed by atoms with E-state index in [0.717, 1.165) is 27.7 Å². The summed E-state index contributed by atoms with van der Waals surface area (Å²) in [6.45, 7) is -3.17. The van der Waals surface area contributed by atoms with E-state index in [9.17, 15) is 132 Å². The van der Waals surface area contributed by atoms with Crippen LogP contribution in [0.15, 0.2) is 0 Å². The molecule has 26 N–H and O–H groups in total. The molecule has 0 radical (unpaired) electrons. The van der Waals surface area contributed by atoms with Gasteiger partial charge in [-0.15, -0.1) is 0 Å². The van der Waals surface area contributed by atoms with Crippen LogP contribution in [0.5, 0.6) is 0 Å². The van der Waals surface area contributed by atoms with Crippen molar-refractivity contribution in [1.29, 1.82) is 0 Å². The molecule has 0 unspecified atom stereocenters. The Bertz CT molecular complexity index is 2570. The number of nitrogens with one attached hydrogen (secondary N) is 4. The van der Waals surface area contributed by atoms with Crippen LogP contribution in [0.2, 0.25) is 0 Å². The maximum absolute atomic E-state index is 12.8. The highest BCUT2D eigenvalue weighted by atomic mass is 16.8. The number of carbonyl (C=O) groups is 4. The van der Waals surface area contributed by atoms with Gasteiger partial charge in [-0.3, -0.25) is 19.2 Å². The van der Waals surface area contributed by atoms with Gasteiger partial charge in [-0.05, 0) is 6.92 Å². The Morgan fingerprint density at radius 2 is 0.730 bits per heavy atom. The highest BCUT2D eigenvalue weighted by Crippen LogP contribution is 2.38. The normalized spacial score (nSPS) is 45.4. The molecule has 4 amide bonds. The lowest BCUT2D eigenvalue weighted by Gasteiger charge is -2.50. The second-order valence-corrected chi connectivity index (χ2v) is 25.1. The first-order chi connectivity index (χ1) is 47.2. The second-order valence-electron chi connectivity index (χ2n) is 25.1. The molecule has 0 spiro atoms. The van der Waals surface area contributed by atoms with E-state index >= 15 is 0 Å². The summed E-state index contributed by atoms with van der Waals surface area (Å²) in [6.07, 6.45) is -68.2. The zero-order valence-electron chi connectivity index (χ0n) is 54.4. The Morgan fingerprint density at radius 3 is 1.23 bits per heavy atom. The van der Waals surface area contributed by atoms with E-state index in [1.165, 1.54) is 6.92 Å². The van der Waals surface area contributed by atoms with Crippen LogP contribution in [-0.4, -0.2) is 428 Å². The fourth-order valence-corrected chi connectivity index (χ4v) is 12.5. The predicted octanol–water partition coefficient (Wildman–Crippen LogP) is -17.2. The zero-order valence-corrected chi connectivity index (χ0v) is 54.4. The Balaban J connectivity index is 1.06. The number of carbonyl (C=O) groups excluding carboxylic acids is 4. The molecule has 7 aliphatic rings. The van der Waals surface area contributed by atoms with Gasteiger partial charge in [-0.25, -0.2) is 0 Å². The van der Waals surface area contributed by atoms with Gasteiger partial charge in [0.25, 0.3) is 0 Å². The van der Waals surface area contributed by atoms with Gasteiger partial charge in [-0.1, -0.05) is 0 Å². The van der Waals surface area contributed by atoms with E-state index in [2.05, 4.69) is 21.3 Å². The van der Waals surface area contributed by atoms with Gasteiger partial charge in [0.1, 0.15) is 183 Å². The molecule has 0 bridgehead atoms. The predicted molar refractivity (Wildman–Crippen MR) is 312 cm³/mol. The third-order valence-corrected chi connectivity index (χ3v) is 17.9. The molecular weight excluding hydrogens is 1370 g/mol. The van der Waals surface area contributed by atoms with E-state index in [0.29, 0.717) is 0 Å². The van der Waals surface area contributed by atoms with Crippen molar-refractivity contribution in [2.45, 2.75) is 274 Å². The summed E-state index contributed by atoms with van der Waals surface area (Å²) in [4.78, 5) is 50.0. The summed E-state index contributed by atoms with van der Waals surface area (Å²) in [7, 11) is 0. The topological polar surface area (TPSA) is 691 Å². The first-order valence-electron chi connectivity index (χ1n) is 31.9. The third kappa shape index (κ3) is 19.2. The van der Waals surface area contributed by atoms with Crippen LogP contribution < -0.4 is 21.3 Å². The summed E-state index contributed by atoms with van der Waals surface area (Å²) in [5.41, 5.74) is 0. The maximum atomic E-state index is 12.8. The first-order valence-corrected chi connectivity index (χ1v) is 31.9. The Morgan fingerprint density at radius 1 is 0.360 bits per heavy atom. The highest BCUT2D eigenvalue weighted by Gasteiger charge is 2.59. The molecule has 0 aromatic heterocycles. The lowest BCUT2D eigenvalue weighted by atomic mass is 9.94. The summed E-state index contributed by atoms with van der Waals surface area (Å²) < 4.78 is 81.2. The number of amides is 4. The van der Waals surface area contributed by atoms with E-state index in [-0.39, 0.29) is 0 Å². The molecule has 7 heterocycles. The molecule has 7 saturated heterocycles. The van der Waals surface area contributed by atoms with Crippen LogP contribution in [-0.2, 0) is 85.5 Å². The average Bonchev–Trinajstić information content (AvgIpc) is 0.772. The van der Waals surface area contributed by atoms with Crippen molar-refractivity contribution in [3.05, 3.63) is 0 Å². The van der Waals surface area contributed by atoms with Gasteiger partial charge in [-0.2, -0.15) is 0 Å². The fourth-order valence-electron chi connectivity index (χ4n) is 12.5. The average molecular weight is 1470 g/mol.